The largest absolute Gasteiger partial charge is 0.381 e. The molecular formula is C11H20N4O2S2. The number of nitrogens with zero attached hydrogens (tertiary/aromatic N) is 2. The van der Waals surface area contributed by atoms with Crippen LogP contribution in [-0.2, 0) is 17.1 Å². The van der Waals surface area contributed by atoms with Crippen LogP contribution < -0.4 is 10.5 Å². The molecule has 1 aromatic rings. The zero-order chi connectivity index (χ0) is 14.0. The van der Waals surface area contributed by atoms with Gasteiger partial charge in [-0.05, 0) is 25.0 Å². The van der Waals surface area contributed by atoms with Crippen molar-refractivity contribution in [3.63, 3.8) is 0 Å². The van der Waals surface area contributed by atoms with Gasteiger partial charge in [0.25, 0.3) is 0 Å². The third-order valence-corrected chi connectivity index (χ3v) is 5.99. The van der Waals surface area contributed by atoms with Gasteiger partial charge in [0.2, 0.25) is 10.0 Å². The first kappa shape index (κ1) is 14.7. The molecule has 1 saturated carbocycles. The van der Waals surface area contributed by atoms with E-state index in [1.165, 1.54) is 10.9 Å². The average Bonchev–Trinajstić information content (AvgIpc) is 2.86. The van der Waals surface area contributed by atoms with Crippen LogP contribution in [0, 0.1) is 0 Å². The van der Waals surface area contributed by atoms with Crippen LogP contribution in [0.4, 0.5) is 5.82 Å². The lowest BCUT2D eigenvalue weighted by Gasteiger charge is -2.12. The van der Waals surface area contributed by atoms with E-state index in [2.05, 4.69) is 16.7 Å². The van der Waals surface area contributed by atoms with Crippen molar-refractivity contribution in [2.45, 2.75) is 42.4 Å². The van der Waals surface area contributed by atoms with Crippen LogP contribution >= 0.6 is 11.8 Å². The molecule has 108 valence electrons. The van der Waals surface area contributed by atoms with E-state index in [0.717, 1.165) is 25.0 Å². The summed E-state index contributed by atoms with van der Waals surface area (Å²) >= 11 is 1.90. The summed E-state index contributed by atoms with van der Waals surface area (Å²) in [5.74, 6) is 1.12. The number of thioether (sulfide) groups is 1. The Balaban J connectivity index is 2.05. The van der Waals surface area contributed by atoms with E-state index in [4.69, 9.17) is 5.73 Å². The maximum Gasteiger partial charge on any atom is 0.246 e. The number of hydrogen-bond donors (Lipinski definition) is 2. The van der Waals surface area contributed by atoms with Gasteiger partial charge < -0.3 is 5.73 Å². The van der Waals surface area contributed by atoms with Gasteiger partial charge in [0.15, 0.2) is 5.82 Å². The number of anilines is 1. The highest BCUT2D eigenvalue weighted by molar-refractivity contribution is 7.99. The van der Waals surface area contributed by atoms with Gasteiger partial charge in [-0.1, -0.05) is 6.92 Å². The van der Waals surface area contributed by atoms with Crippen LogP contribution in [0.15, 0.2) is 11.1 Å². The number of nitrogen functional groups attached to an aromatic ring is 1. The standard InChI is InChI=1S/C11H20N4O2S2/c1-3-18-9-5-4-8(6-9)14-19(16,17)10-7-15(2)13-11(10)12/h7-9,14H,3-6H2,1-2H3,(H2,12,13). The molecule has 1 aromatic heterocycles. The molecule has 1 aliphatic carbocycles. The second kappa shape index (κ2) is 5.72. The number of nitrogens with one attached hydrogen (secondary N) is 1. The van der Waals surface area contributed by atoms with Gasteiger partial charge in [0.05, 0.1) is 0 Å². The second-order valence-corrected chi connectivity index (χ2v) is 8.02. The zero-order valence-electron chi connectivity index (χ0n) is 11.2. The number of rotatable bonds is 5. The highest BCUT2D eigenvalue weighted by Gasteiger charge is 2.30. The first-order chi connectivity index (χ1) is 8.92. The fraction of sp³-hybridized carbons (Fsp3) is 0.727. The fourth-order valence-electron chi connectivity index (χ4n) is 2.41. The van der Waals surface area contributed by atoms with E-state index in [1.54, 1.807) is 7.05 Å². The van der Waals surface area contributed by atoms with Gasteiger partial charge >= 0.3 is 0 Å². The van der Waals surface area contributed by atoms with Crippen molar-refractivity contribution in [1.82, 2.24) is 14.5 Å². The van der Waals surface area contributed by atoms with Crippen molar-refractivity contribution in [2.75, 3.05) is 11.5 Å². The van der Waals surface area contributed by atoms with Gasteiger partial charge in [-0.25, -0.2) is 13.1 Å². The summed E-state index contributed by atoms with van der Waals surface area (Å²) in [6, 6.07) is 0.00801. The van der Waals surface area contributed by atoms with Crippen LogP contribution in [0.25, 0.3) is 0 Å². The third-order valence-electron chi connectivity index (χ3n) is 3.22. The molecule has 0 amide bonds. The molecule has 2 atom stereocenters. The molecule has 0 radical (unpaired) electrons. The maximum absolute atomic E-state index is 12.2. The zero-order valence-corrected chi connectivity index (χ0v) is 12.8. The molecule has 8 heteroatoms. The summed E-state index contributed by atoms with van der Waals surface area (Å²) < 4.78 is 28.6. The normalized spacial score (nSPS) is 23.9. The van der Waals surface area contributed by atoms with E-state index >= 15 is 0 Å². The first-order valence-corrected chi connectivity index (χ1v) is 8.88. The van der Waals surface area contributed by atoms with Crippen LogP contribution in [0.3, 0.4) is 0 Å². The number of sulfonamides is 1. The Hall–Kier alpha value is -0.730. The topological polar surface area (TPSA) is 90.0 Å². The van der Waals surface area contributed by atoms with Crippen LogP contribution in [-0.4, -0.2) is 35.2 Å². The predicted octanol–water partition coefficient (Wildman–Crippen LogP) is 0.955. The molecule has 1 heterocycles. The van der Waals surface area contributed by atoms with Gasteiger partial charge in [0, 0.05) is 24.5 Å². The summed E-state index contributed by atoms with van der Waals surface area (Å²) in [6.45, 7) is 2.12. The van der Waals surface area contributed by atoms with Crippen molar-refractivity contribution >= 4 is 27.6 Å². The average molecular weight is 304 g/mol. The molecule has 0 aromatic carbocycles. The van der Waals surface area contributed by atoms with Crippen molar-refractivity contribution in [3.05, 3.63) is 6.20 Å². The molecule has 19 heavy (non-hydrogen) atoms. The summed E-state index contributed by atoms with van der Waals surface area (Å²) in [4.78, 5) is 0.0709. The monoisotopic (exact) mass is 304 g/mol. The van der Waals surface area contributed by atoms with Gasteiger partial charge in [-0.15, -0.1) is 0 Å². The number of aromatic nitrogens is 2. The predicted molar refractivity (Wildman–Crippen MR) is 77.5 cm³/mol. The van der Waals surface area contributed by atoms with Crippen molar-refractivity contribution in [3.8, 4) is 0 Å². The highest BCUT2D eigenvalue weighted by atomic mass is 32.2. The Kier molecular flexibility index (Phi) is 4.42. The molecule has 3 N–H and O–H groups in total. The van der Waals surface area contributed by atoms with Gasteiger partial charge in [-0.3, -0.25) is 4.68 Å². The summed E-state index contributed by atoms with van der Waals surface area (Å²) in [5.41, 5.74) is 5.62. The fourth-order valence-corrected chi connectivity index (χ4v) is 4.94. The highest BCUT2D eigenvalue weighted by Crippen LogP contribution is 2.30. The van der Waals surface area contributed by atoms with Gasteiger partial charge in [0.1, 0.15) is 4.90 Å². The van der Waals surface area contributed by atoms with Crippen LogP contribution in [0.5, 0.6) is 0 Å². The molecule has 0 saturated heterocycles. The van der Waals surface area contributed by atoms with E-state index in [-0.39, 0.29) is 16.8 Å². The number of hydrogen-bond acceptors (Lipinski definition) is 5. The lowest BCUT2D eigenvalue weighted by atomic mass is 10.3. The molecule has 6 nitrogen and oxygen atoms in total. The lowest BCUT2D eigenvalue weighted by Crippen LogP contribution is -2.33. The maximum atomic E-state index is 12.2. The molecule has 2 rings (SSSR count). The minimum Gasteiger partial charge on any atom is -0.381 e. The lowest BCUT2D eigenvalue weighted by molar-refractivity contribution is 0.553. The Morgan fingerprint density at radius 2 is 2.32 bits per heavy atom. The Bertz CT molecular complexity index is 541. The summed E-state index contributed by atoms with van der Waals surface area (Å²) in [6.07, 6.45) is 4.27. The van der Waals surface area contributed by atoms with Crippen molar-refractivity contribution < 1.29 is 8.42 Å². The molecule has 1 aliphatic rings. The van der Waals surface area contributed by atoms with Crippen LogP contribution in [0.1, 0.15) is 26.2 Å². The van der Waals surface area contributed by atoms with E-state index in [0.29, 0.717) is 5.25 Å². The molecule has 0 spiro atoms. The number of nitrogens with two attached hydrogens (primary N) is 1. The molecule has 0 aliphatic heterocycles. The van der Waals surface area contributed by atoms with Crippen LogP contribution in [0.2, 0.25) is 0 Å². The Morgan fingerprint density at radius 1 is 1.58 bits per heavy atom. The quantitative estimate of drug-likeness (QED) is 0.845. The smallest absolute Gasteiger partial charge is 0.246 e. The van der Waals surface area contributed by atoms with E-state index in [9.17, 15) is 8.42 Å². The molecule has 2 unspecified atom stereocenters. The molecular weight excluding hydrogens is 284 g/mol. The van der Waals surface area contributed by atoms with E-state index < -0.39 is 10.0 Å². The Labute approximate surface area is 118 Å². The summed E-state index contributed by atoms with van der Waals surface area (Å²) in [7, 11) is -1.91. The molecule has 0 bridgehead atoms. The minimum atomic E-state index is -3.56. The summed E-state index contributed by atoms with van der Waals surface area (Å²) in [5, 5.41) is 4.43. The number of aryl methyl sites for hydroxylation is 1. The third kappa shape index (κ3) is 3.43. The van der Waals surface area contributed by atoms with E-state index in [1.807, 2.05) is 11.8 Å². The minimum absolute atomic E-state index is 0.00801. The SMILES string of the molecule is CCSC1CCC(NS(=O)(=O)c2cn(C)nc2N)C1. The van der Waals surface area contributed by atoms with Crippen molar-refractivity contribution in [2.24, 2.45) is 7.05 Å². The molecule has 1 fully saturated rings. The van der Waals surface area contributed by atoms with Gasteiger partial charge in [-0.2, -0.15) is 16.9 Å². The van der Waals surface area contributed by atoms with Crippen molar-refractivity contribution in [1.29, 1.82) is 0 Å². The first-order valence-electron chi connectivity index (χ1n) is 6.35. The Morgan fingerprint density at radius 3 is 2.89 bits per heavy atom. The second-order valence-electron chi connectivity index (χ2n) is 4.76.